The monoisotopic (exact) mass is 406 g/mol. The predicted octanol–water partition coefficient (Wildman–Crippen LogP) is 5.11. The van der Waals surface area contributed by atoms with Crippen LogP contribution in [0.2, 0.25) is 0 Å². The molecule has 0 bridgehead atoms. The van der Waals surface area contributed by atoms with E-state index in [0.717, 1.165) is 28.9 Å². The van der Waals surface area contributed by atoms with Gasteiger partial charge in [-0.2, -0.15) is 0 Å². The van der Waals surface area contributed by atoms with Crippen LogP contribution in [0.4, 0.5) is 0 Å². The first kappa shape index (κ1) is 20.6. The minimum Gasteiger partial charge on any atom is -0.456 e. The minimum atomic E-state index is -0.539. The summed E-state index contributed by atoms with van der Waals surface area (Å²) >= 11 is 0. The average Bonchev–Trinajstić information content (AvgIpc) is 3.46. The number of hydrogen-bond donors (Lipinski definition) is 0. The zero-order valence-electron chi connectivity index (χ0n) is 18.3. The molecule has 0 unspecified atom stereocenters. The minimum absolute atomic E-state index is 0.294. The lowest BCUT2D eigenvalue weighted by Gasteiger charge is -2.21. The van der Waals surface area contributed by atoms with Gasteiger partial charge in [0.1, 0.15) is 5.60 Å². The van der Waals surface area contributed by atoms with Gasteiger partial charge < -0.3 is 14.0 Å². The lowest BCUT2D eigenvalue weighted by atomic mass is 10.00. The standard InChI is InChI=1S/C25H30N2O3/c1-25(2,3)30-24(28)21-14-19(17-8-9-17)16-26-22(21)15-18-6-5-7-23-20(18)10-11-27(23)12-13-29-4/h5-7,10-11,14,16-17H,8-9,12-13,15H2,1-4H3. The van der Waals surface area contributed by atoms with Gasteiger partial charge in [0.15, 0.2) is 0 Å². The number of aromatic nitrogens is 2. The summed E-state index contributed by atoms with van der Waals surface area (Å²) in [6.45, 7) is 7.16. The Morgan fingerprint density at radius 1 is 1.23 bits per heavy atom. The Hall–Kier alpha value is -2.66. The molecule has 158 valence electrons. The molecule has 0 N–H and O–H groups in total. The Balaban J connectivity index is 1.69. The molecule has 0 amide bonds. The van der Waals surface area contributed by atoms with Gasteiger partial charge in [-0.1, -0.05) is 12.1 Å². The smallest absolute Gasteiger partial charge is 0.340 e. The summed E-state index contributed by atoms with van der Waals surface area (Å²) in [7, 11) is 1.71. The first-order chi connectivity index (χ1) is 14.4. The summed E-state index contributed by atoms with van der Waals surface area (Å²) < 4.78 is 13.1. The van der Waals surface area contributed by atoms with Crippen LogP contribution < -0.4 is 0 Å². The van der Waals surface area contributed by atoms with E-state index in [2.05, 4.69) is 35.0 Å². The van der Waals surface area contributed by atoms with Crippen molar-refractivity contribution in [3.63, 3.8) is 0 Å². The fraction of sp³-hybridized carbons (Fsp3) is 0.440. The van der Waals surface area contributed by atoms with E-state index in [9.17, 15) is 4.79 Å². The SMILES string of the molecule is COCCn1ccc2c(Cc3ncc(C4CC4)cc3C(=O)OC(C)(C)C)cccc21. The van der Waals surface area contributed by atoms with E-state index in [1.165, 1.54) is 18.2 Å². The quantitative estimate of drug-likeness (QED) is 0.512. The summed E-state index contributed by atoms with van der Waals surface area (Å²) in [4.78, 5) is 17.7. The number of esters is 1. The van der Waals surface area contributed by atoms with Gasteiger partial charge >= 0.3 is 5.97 Å². The molecule has 0 saturated heterocycles. The Bertz CT molecular complexity index is 1060. The highest BCUT2D eigenvalue weighted by atomic mass is 16.6. The molecule has 1 fully saturated rings. The van der Waals surface area contributed by atoms with E-state index in [1.807, 2.05) is 33.0 Å². The Labute approximate surface area is 178 Å². The highest BCUT2D eigenvalue weighted by molar-refractivity contribution is 5.92. The van der Waals surface area contributed by atoms with E-state index in [4.69, 9.17) is 14.5 Å². The molecule has 0 atom stereocenters. The Morgan fingerprint density at radius 2 is 2.03 bits per heavy atom. The number of nitrogens with zero attached hydrogens (tertiary/aromatic N) is 2. The van der Waals surface area contributed by atoms with Crippen molar-refractivity contribution in [2.75, 3.05) is 13.7 Å². The molecule has 1 aromatic carbocycles. The summed E-state index contributed by atoms with van der Waals surface area (Å²) in [5, 5.41) is 1.18. The summed E-state index contributed by atoms with van der Waals surface area (Å²) in [6, 6.07) is 10.4. The highest BCUT2D eigenvalue weighted by Crippen LogP contribution is 2.40. The molecule has 2 aromatic heterocycles. The molecule has 0 spiro atoms. The molecular weight excluding hydrogens is 376 g/mol. The molecule has 1 saturated carbocycles. The van der Waals surface area contributed by atoms with Crippen molar-refractivity contribution in [2.24, 2.45) is 0 Å². The molecule has 0 aliphatic heterocycles. The van der Waals surface area contributed by atoms with Crippen LogP contribution in [0.5, 0.6) is 0 Å². The number of ether oxygens (including phenoxy) is 2. The van der Waals surface area contributed by atoms with Gasteiger partial charge in [0.25, 0.3) is 0 Å². The van der Waals surface area contributed by atoms with E-state index < -0.39 is 5.60 Å². The van der Waals surface area contributed by atoms with Gasteiger partial charge in [-0.05, 0) is 68.9 Å². The molecular formula is C25H30N2O3. The third-order valence-corrected chi connectivity index (χ3v) is 5.46. The van der Waals surface area contributed by atoms with Crippen LogP contribution in [0.25, 0.3) is 10.9 Å². The number of rotatable bonds is 7. The maximum atomic E-state index is 13.0. The van der Waals surface area contributed by atoms with Crippen molar-refractivity contribution in [3.05, 3.63) is 65.1 Å². The zero-order chi connectivity index (χ0) is 21.3. The van der Waals surface area contributed by atoms with Crippen molar-refractivity contribution in [2.45, 2.75) is 58.1 Å². The van der Waals surface area contributed by atoms with Gasteiger partial charge in [-0.3, -0.25) is 4.98 Å². The first-order valence-electron chi connectivity index (χ1n) is 10.6. The van der Waals surface area contributed by atoms with E-state index in [-0.39, 0.29) is 5.97 Å². The van der Waals surface area contributed by atoms with Gasteiger partial charge in [0, 0.05) is 43.4 Å². The lowest BCUT2D eigenvalue weighted by molar-refractivity contribution is 0.00678. The summed E-state index contributed by atoms with van der Waals surface area (Å²) in [6.07, 6.45) is 6.95. The second-order valence-electron chi connectivity index (χ2n) is 9.07. The molecule has 2 heterocycles. The van der Waals surface area contributed by atoms with Crippen LogP contribution in [0, 0.1) is 0 Å². The Morgan fingerprint density at radius 3 is 2.73 bits per heavy atom. The molecule has 1 aliphatic carbocycles. The van der Waals surface area contributed by atoms with Gasteiger partial charge in [0.2, 0.25) is 0 Å². The lowest BCUT2D eigenvalue weighted by Crippen LogP contribution is -2.25. The normalized spacial score (nSPS) is 14.3. The number of benzene rings is 1. The van der Waals surface area contributed by atoms with Crippen LogP contribution in [-0.4, -0.2) is 34.8 Å². The largest absolute Gasteiger partial charge is 0.456 e. The molecule has 0 radical (unpaired) electrons. The molecule has 5 nitrogen and oxygen atoms in total. The second-order valence-corrected chi connectivity index (χ2v) is 9.07. The van der Waals surface area contributed by atoms with Gasteiger partial charge in [0.05, 0.1) is 17.9 Å². The maximum absolute atomic E-state index is 13.0. The van der Waals surface area contributed by atoms with Crippen molar-refractivity contribution in [1.29, 1.82) is 0 Å². The van der Waals surface area contributed by atoms with Crippen molar-refractivity contribution >= 4 is 16.9 Å². The van der Waals surface area contributed by atoms with Gasteiger partial charge in [-0.15, -0.1) is 0 Å². The molecule has 30 heavy (non-hydrogen) atoms. The molecule has 4 rings (SSSR count). The van der Waals surface area contributed by atoms with Crippen LogP contribution in [0.1, 0.15) is 66.7 Å². The number of fused-ring (bicyclic) bond motifs is 1. The fourth-order valence-electron chi connectivity index (χ4n) is 3.81. The molecule has 5 heteroatoms. The maximum Gasteiger partial charge on any atom is 0.340 e. The topological polar surface area (TPSA) is 53.4 Å². The third-order valence-electron chi connectivity index (χ3n) is 5.46. The van der Waals surface area contributed by atoms with Crippen molar-refractivity contribution < 1.29 is 14.3 Å². The number of pyridine rings is 1. The number of hydrogen-bond acceptors (Lipinski definition) is 4. The van der Waals surface area contributed by atoms with E-state index in [0.29, 0.717) is 24.5 Å². The highest BCUT2D eigenvalue weighted by Gasteiger charge is 2.27. The Kier molecular flexibility index (Phi) is 5.65. The predicted molar refractivity (Wildman–Crippen MR) is 118 cm³/mol. The van der Waals surface area contributed by atoms with Crippen molar-refractivity contribution in [3.8, 4) is 0 Å². The number of carbonyl (C=O) groups excluding carboxylic acids is 1. The summed E-state index contributed by atoms with van der Waals surface area (Å²) in [5.41, 5.74) is 4.28. The number of methoxy groups -OCH3 is 1. The van der Waals surface area contributed by atoms with Crippen LogP contribution >= 0.6 is 0 Å². The molecule has 1 aliphatic rings. The first-order valence-corrected chi connectivity index (χ1v) is 10.6. The number of carbonyl (C=O) groups is 1. The van der Waals surface area contributed by atoms with Crippen molar-refractivity contribution in [1.82, 2.24) is 9.55 Å². The van der Waals surface area contributed by atoms with E-state index in [1.54, 1.807) is 7.11 Å². The van der Waals surface area contributed by atoms with Crippen LogP contribution in [0.15, 0.2) is 42.7 Å². The average molecular weight is 407 g/mol. The summed E-state index contributed by atoms with van der Waals surface area (Å²) in [5.74, 6) is 0.239. The van der Waals surface area contributed by atoms with Crippen LogP contribution in [-0.2, 0) is 22.4 Å². The third kappa shape index (κ3) is 4.57. The van der Waals surface area contributed by atoms with Crippen LogP contribution in [0.3, 0.4) is 0 Å². The van der Waals surface area contributed by atoms with E-state index >= 15 is 0 Å². The zero-order valence-corrected chi connectivity index (χ0v) is 18.3. The van der Waals surface area contributed by atoms with Gasteiger partial charge in [-0.25, -0.2) is 4.79 Å². The second kappa shape index (κ2) is 8.23. The fourth-order valence-corrected chi connectivity index (χ4v) is 3.81. The molecule has 3 aromatic rings.